The molecule has 0 bridgehead atoms. The van der Waals surface area contributed by atoms with Gasteiger partial charge >= 0.3 is 24.4 Å². The molecule has 34 heteroatoms. The number of imidazole rings is 4. The third kappa shape index (κ3) is 17.7. The van der Waals surface area contributed by atoms with E-state index >= 15 is 0 Å². The number of rotatable bonds is 24. The van der Waals surface area contributed by atoms with E-state index < -0.39 is 61.0 Å². The molecule has 10 atom stereocenters. The monoisotopic (exact) mass is 1880 g/mol. The Morgan fingerprint density at radius 1 is 0.368 bits per heavy atom. The number of thiophene rings is 2. The molecule has 0 radical (unpaired) electrons. The van der Waals surface area contributed by atoms with E-state index in [0.717, 1.165) is 173 Å². The summed E-state index contributed by atoms with van der Waals surface area (Å²) in [6.07, 6.45) is 15.2. The smallest absolute Gasteiger partial charge is 0.407 e. The Morgan fingerprint density at radius 2 is 0.654 bits per heavy atom. The zero-order valence-electron chi connectivity index (χ0n) is 79.1. The lowest BCUT2D eigenvalue weighted by Gasteiger charge is -2.31. The molecule has 0 spiro atoms. The summed E-state index contributed by atoms with van der Waals surface area (Å²) in [5.74, 6) is 4.51. The average Bonchev–Trinajstić information content (AvgIpc) is 1.56. The van der Waals surface area contributed by atoms with E-state index in [2.05, 4.69) is 161 Å². The first kappa shape index (κ1) is 91.9. The van der Waals surface area contributed by atoms with Gasteiger partial charge in [-0.15, -0.1) is 22.7 Å². The molecule has 6 fully saturated rings. The number of alkyl carbamates (subject to hydrolysis) is 4. The van der Waals surface area contributed by atoms with Gasteiger partial charge in [-0.1, -0.05) is 67.5 Å². The highest BCUT2D eigenvalue weighted by atomic mass is 32.1. The Kier molecular flexibility index (Phi) is 25.5. The Labute approximate surface area is 796 Å². The number of ether oxygens (including phenoxy) is 6. The van der Waals surface area contributed by atoms with Gasteiger partial charge in [-0.2, -0.15) is 0 Å². The number of fused-ring (bicyclic) bond motifs is 10. The molecule has 8 amide bonds. The second-order valence-corrected chi connectivity index (χ2v) is 40.9. The van der Waals surface area contributed by atoms with Crippen molar-refractivity contribution in [2.75, 3.05) is 54.6 Å². The molecule has 712 valence electrons. The molecule has 12 aromatic rings. The molecule has 4 aromatic carbocycles. The number of aryl methyl sites for hydroxylation is 2. The van der Waals surface area contributed by atoms with Crippen LogP contribution in [0.15, 0.2) is 122 Å². The van der Waals surface area contributed by atoms with E-state index in [0.29, 0.717) is 61.3 Å². The molecule has 32 nitrogen and oxygen atoms in total. The first-order valence-corrected chi connectivity index (χ1v) is 49.2. The number of nitrogens with one attached hydrogen (secondary N) is 8. The number of methoxy groups -OCH3 is 4. The van der Waals surface area contributed by atoms with E-state index in [9.17, 15) is 38.4 Å². The van der Waals surface area contributed by atoms with Crippen LogP contribution in [0.2, 0.25) is 0 Å². The number of aromatic amines is 4. The van der Waals surface area contributed by atoms with Gasteiger partial charge in [0, 0.05) is 80.1 Å². The van der Waals surface area contributed by atoms with Crippen molar-refractivity contribution in [2.24, 2.45) is 23.7 Å². The van der Waals surface area contributed by atoms with Gasteiger partial charge in [0.2, 0.25) is 36.1 Å². The summed E-state index contributed by atoms with van der Waals surface area (Å²) in [5, 5.41) is 13.0. The number of hydrogen-bond acceptors (Lipinski definition) is 20. The predicted octanol–water partition coefficient (Wildman–Crippen LogP) is 18.7. The molecule has 20 rings (SSSR count). The molecule has 8 aliphatic rings. The summed E-state index contributed by atoms with van der Waals surface area (Å²) in [7, 11) is 5.19. The molecule has 8 aromatic heterocycles. The molecule has 2 unspecified atom stereocenters. The van der Waals surface area contributed by atoms with Gasteiger partial charge in [0.1, 0.15) is 59.0 Å². The van der Waals surface area contributed by atoms with Crippen LogP contribution in [-0.2, 0) is 38.1 Å². The number of likely N-dealkylation sites (tertiary alicyclic amines) is 4. The van der Waals surface area contributed by atoms with E-state index in [1.807, 2.05) is 122 Å². The third-order valence-electron chi connectivity index (χ3n) is 28.1. The number of aromatic nitrogens is 10. The Morgan fingerprint density at radius 3 is 0.934 bits per heavy atom. The fraction of sp³-hybridized carbons (Fsp3) is 0.451. The van der Waals surface area contributed by atoms with Crippen molar-refractivity contribution in [2.45, 2.75) is 219 Å². The number of amides is 8. The quantitative estimate of drug-likeness (QED) is 0.0260. The number of carbonyl (C=O) groups is 8. The summed E-state index contributed by atoms with van der Waals surface area (Å²) in [5.41, 5.74) is 15.5. The standard InChI is InChI=1S/2C51H59N9O7S/c2*1-26(2)43(56-50(63)65-6)47(61)58-18-8-10-36(58)45-52-24-33(54-45)30-14-15-35-32(21-30)22-38-42-28(5)20-31(23-39(42)67-49(60(35)38)41-17-16-40(68-41)29-12-13-29)34-25-53-46(55-34)37-11-9-19-59(37)48(62)44(27(3)4)57-51(64)66-7/h2*14-17,20-27,29,36-37,43-44,49H,8-13,18-19H2,1-7H3,(H,52,54)(H,53,55)(H,56,63)(H,57,64)/t2*36-,37-,43-,44-,49?/m00/s1. The van der Waals surface area contributed by atoms with E-state index in [-0.39, 0.29) is 71.5 Å². The first-order valence-electron chi connectivity index (χ1n) is 47.6. The largest absolute Gasteiger partial charge is 0.464 e. The normalized spacial score (nSPS) is 19.8. The fourth-order valence-electron chi connectivity index (χ4n) is 20.6. The molecule has 14 heterocycles. The Balaban J connectivity index is 0.000000174. The van der Waals surface area contributed by atoms with E-state index in [1.165, 1.54) is 63.9 Å². The topological polar surface area (TPSA) is 378 Å². The highest BCUT2D eigenvalue weighted by Crippen LogP contribution is 2.54. The molecule has 6 aliphatic heterocycles. The van der Waals surface area contributed by atoms with Crippen molar-refractivity contribution in [1.29, 1.82) is 0 Å². The van der Waals surface area contributed by atoms with Crippen LogP contribution in [-0.4, -0.2) is 195 Å². The number of nitrogens with zero attached hydrogens (tertiary/aromatic N) is 10. The number of H-pyrrole nitrogens is 4. The average molecular weight is 1880 g/mol. The van der Waals surface area contributed by atoms with Gasteiger partial charge < -0.3 is 89.2 Å². The molecular formula is C102H118N18O14S2. The van der Waals surface area contributed by atoms with Gasteiger partial charge in [0.05, 0.1) is 132 Å². The van der Waals surface area contributed by atoms with Gasteiger partial charge in [0.25, 0.3) is 0 Å². The minimum Gasteiger partial charge on any atom is -0.464 e. The van der Waals surface area contributed by atoms with Crippen LogP contribution in [0.4, 0.5) is 19.2 Å². The minimum atomic E-state index is -0.718. The van der Waals surface area contributed by atoms with Crippen molar-refractivity contribution >= 4 is 92.5 Å². The summed E-state index contributed by atoms with van der Waals surface area (Å²) in [6, 6.07) is 31.0. The van der Waals surface area contributed by atoms with Crippen LogP contribution in [0.1, 0.15) is 235 Å². The van der Waals surface area contributed by atoms with Gasteiger partial charge in [0.15, 0.2) is 0 Å². The molecule has 8 N–H and O–H groups in total. The second-order valence-electron chi connectivity index (χ2n) is 38.6. The lowest BCUT2D eigenvalue weighted by molar-refractivity contribution is -0.136. The van der Waals surface area contributed by atoms with Crippen LogP contribution >= 0.6 is 22.7 Å². The summed E-state index contributed by atoms with van der Waals surface area (Å²) in [6.45, 7) is 21.8. The zero-order chi connectivity index (χ0) is 95.1. The van der Waals surface area contributed by atoms with Crippen molar-refractivity contribution in [3.05, 3.63) is 176 Å². The van der Waals surface area contributed by atoms with Crippen molar-refractivity contribution in [3.8, 4) is 79.0 Å². The van der Waals surface area contributed by atoms with E-state index in [4.69, 9.17) is 48.4 Å². The highest BCUT2D eigenvalue weighted by molar-refractivity contribution is 7.12. The molecule has 2 saturated carbocycles. The summed E-state index contributed by atoms with van der Waals surface area (Å²) < 4.78 is 38.2. The van der Waals surface area contributed by atoms with Crippen LogP contribution in [0.3, 0.4) is 0 Å². The van der Waals surface area contributed by atoms with Crippen molar-refractivity contribution in [1.82, 2.24) is 89.9 Å². The fourth-order valence-corrected chi connectivity index (χ4v) is 23.0. The number of carbonyl (C=O) groups excluding carboxylic acids is 8. The SMILES string of the molecule is COC(=O)N[C@H](C(=O)N1CCC[C@H]1c1ncc(-c2cc(C)c3c(c2)OC(c2ccc(C4CC4)s2)n2c-3cc3cc(-c4cnc([C@@H]5CCCN5C(=O)[C@@H](NC(=O)OC)C(C)C)[nH]4)ccc32)[nH]1)C(C)C.COC(=O)N[C@H](C(=O)N1CCC[C@H]1c1ncc(-c2cc(C)c3c(c2)OC(c2ccc(C4CC4)s2)n2c-3cc3cc(-c4cnc([C@@H]5CCCN5C(=O)[C@@H](NC(=O)OC)C(C)C)[nH]4)ccc32)[nH]1)C(C)C. The van der Waals surface area contributed by atoms with Gasteiger partial charge in [-0.05, 0) is 222 Å². The molecule has 2 aliphatic carbocycles. The zero-order valence-corrected chi connectivity index (χ0v) is 80.7. The maximum absolute atomic E-state index is 13.9. The molecule has 4 saturated heterocycles. The Hall–Kier alpha value is -13.2. The summed E-state index contributed by atoms with van der Waals surface area (Å²) in [4.78, 5) is 150. The van der Waals surface area contributed by atoms with Gasteiger partial charge in [-0.3, -0.25) is 28.3 Å². The van der Waals surface area contributed by atoms with Crippen molar-refractivity contribution < 1.29 is 66.8 Å². The van der Waals surface area contributed by atoms with Crippen LogP contribution in [0, 0.1) is 37.5 Å². The van der Waals surface area contributed by atoms with Gasteiger partial charge in [-0.25, -0.2) is 39.1 Å². The Bertz CT molecular complexity index is 6200. The number of hydrogen-bond donors (Lipinski definition) is 8. The molecular weight excluding hydrogens is 1770 g/mol. The predicted molar refractivity (Wildman–Crippen MR) is 516 cm³/mol. The maximum Gasteiger partial charge on any atom is 0.407 e. The van der Waals surface area contributed by atoms with Crippen LogP contribution < -0.4 is 30.7 Å². The first-order chi connectivity index (χ1) is 65.6. The highest BCUT2D eigenvalue weighted by Gasteiger charge is 2.45. The lowest BCUT2D eigenvalue weighted by atomic mass is 9.98. The van der Waals surface area contributed by atoms with E-state index in [1.54, 1.807) is 0 Å². The maximum atomic E-state index is 13.9. The number of benzene rings is 4. The summed E-state index contributed by atoms with van der Waals surface area (Å²) >= 11 is 3.65. The third-order valence-corrected chi connectivity index (χ3v) is 30.6. The van der Waals surface area contributed by atoms with Crippen LogP contribution in [0.25, 0.3) is 89.4 Å². The van der Waals surface area contributed by atoms with Crippen LogP contribution in [0.5, 0.6) is 11.5 Å². The minimum absolute atomic E-state index is 0.126. The molecule has 136 heavy (non-hydrogen) atoms. The lowest BCUT2D eigenvalue weighted by Crippen LogP contribution is -2.51. The second kappa shape index (κ2) is 37.8. The van der Waals surface area contributed by atoms with Crippen molar-refractivity contribution in [3.63, 3.8) is 0 Å².